The fraction of sp³-hybridized carbons (Fsp3) is 0.0526. The van der Waals surface area contributed by atoms with Gasteiger partial charge >= 0.3 is 0 Å². The first kappa shape index (κ1) is 15.1. The molecule has 128 valence electrons. The number of nitrogens with one attached hydrogen (secondary N) is 1. The van der Waals surface area contributed by atoms with Crippen molar-refractivity contribution >= 4 is 34.3 Å². The predicted molar refractivity (Wildman–Crippen MR) is 103 cm³/mol. The van der Waals surface area contributed by atoms with E-state index in [1.54, 1.807) is 12.1 Å². The van der Waals surface area contributed by atoms with Crippen molar-refractivity contribution in [3.8, 4) is 10.4 Å². The number of nitrogens with zero attached hydrogens (tertiary/aromatic N) is 3. The zero-order valence-electron chi connectivity index (χ0n) is 13.6. The van der Waals surface area contributed by atoms with Gasteiger partial charge in [0.15, 0.2) is 12.1 Å². The average molecular weight is 363 g/mol. The molecule has 7 heteroatoms. The van der Waals surface area contributed by atoms with Crippen molar-refractivity contribution in [2.24, 2.45) is 10.7 Å². The fourth-order valence-electron chi connectivity index (χ4n) is 3.20. The summed E-state index contributed by atoms with van der Waals surface area (Å²) in [4.78, 5) is 11.0. The maximum atomic E-state index is 14.1. The van der Waals surface area contributed by atoms with Crippen LogP contribution in [0.25, 0.3) is 21.5 Å². The van der Waals surface area contributed by atoms with E-state index >= 15 is 0 Å². The molecule has 1 aliphatic rings. The number of fused-ring (bicyclic) bond motifs is 3. The number of para-hydroxylation sites is 2. The Kier molecular flexibility index (Phi) is 3.29. The summed E-state index contributed by atoms with van der Waals surface area (Å²) in [5.74, 6) is 0.742. The Hall–Kier alpha value is -3.19. The average Bonchev–Trinajstić information content (AvgIpc) is 3.26. The predicted octanol–water partition coefficient (Wildman–Crippen LogP) is 4.19. The van der Waals surface area contributed by atoms with Crippen LogP contribution in [0.15, 0.2) is 65.7 Å². The summed E-state index contributed by atoms with van der Waals surface area (Å²) in [6, 6.07) is 18.5. The van der Waals surface area contributed by atoms with E-state index in [1.165, 1.54) is 17.4 Å². The first-order valence-corrected chi connectivity index (χ1v) is 8.94. The maximum Gasteiger partial charge on any atom is 0.212 e. The van der Waals surface area contributed by atoms with Gasteiger partial charge < -0.3 is 5.73 Å². The highest BCUT2D eigenvalue weighted by molar-refractivity contribution is 7.15. The van der Waals surface area contributed by atoms with Gasteiger partial charge in [0.1, 0.15) is 5.82 Å². The number of aliphatic imine (C=N–C) groups is 1. The Labute approximate surface area is 152 Å². The molecule has 0 saturated heterocycles. The minimum Gasteiger partial charge on any atom is -0.370 e. The third-order valence-corrected chi connectivity index (χ3v) is 5.52. The zero-order chi connectivity index (χ0) is 17.7. The third kappa shape index (κ3) is 2.28. The van der Waals surface area contributed by atoms with E-state index in [0.717, 1.165) is 20.8 Å². The first-order chi connectivity index (χ1) is 12.7. The minimum atomic E-state index is -0.329. The van der Waals surface area contributed by atoms with Crippen LogP contribution in [0, 0.1) is 5.82 Å². The number of nitrogens with two attached hydrogens (primary N) is 1. The summed E-state index contributed by atoms with van der Waals surface area (Å²) in [6.45, 7) is 0. The molecule has 1 aliphatic heterocycles. The Bertz CT molecular complexity index is 1160. The van der Waals surface area contributed by atoms with Gasteiger partial charge in [-0.25, -0.2) is 14.4 Å². The number of halogens is 1. The second-order valence-electron chi connectivity index (χ2n) is 5.99. The number of guanidine groups is 1. The van der Waals surface area contributed by atoms with Gasteiger partial charge in [0, 0.05) is 10.4 Å². The summed E-state index contributed by atoms with van der Waals surface area (Å²) in [6.07, 6.45) is -0.329. The molecule has 3 N–H and O–H groups in total. The van der Waals surface area contributed by atoms with Crippen molar-refractivity contribution in [2.75, 3.05) is 5.32 Å². The number of imidazole rings is 1. The quantitative estimate of drug-likeness (QED) is 0.561. The Balaban J connectivity index is 1.65. The number of thiophene rings is 1. The number of hydrogen-bond acceptors (Lipinski definition) is 5. The molecular formula is C19H14FN5S. The molecule has 4 aromatic rings. The maximum absolute atomic E-state index is 14.1. The van der Waals surface area contributed by atoms with Crippen LogP contribution < -0.4 is 11.1 Å². The topological polar surface area (TPSA) is 68.2 Å². The Morgan fingerprint density at radius 3 is 2.73 bits per heavy atom. The lowest BCUT2D eigenvalue weighted by Crippen LogP contribution is -2.31. The van der Waals surface area contributed by atoms with E-state index in [0.29, 0.717) is 17.5 Å². The van der Waals surface area contributed by atoms with Gasteiger partial charge in [-0.1, -0.05) is 30.3 Å². The van der Waals surface area contributed by atoms with Gasteiger partial charge in [-0.05, 0) is 30.3 Å². The Morgan fingerprint density at radius 1 is 1.04 bits per heavy atom. The summed E-state index contributed by atoms with van der Waals surface area (Å²) >= 11 is 1.51. The molecule has 5 nitrogen and oxygen atoms in total. The highest BCUT2D eigenvalue weighted by atomic mass is 32.1. The molecule has 5 rings (SSSR count). The zero-order valence-corrected chi connectivity index (χ0v) is 14.4. The smallest absolute Gasteiger partial charge is 0.212 e. The van der Waals surface area contributed by atoms with E-state index in [-0.39, 0.29) is 12.0 Å². The molecule has 0 fully saturated rings. The third-order valence-electron chi connectivity index (χ3n) is 4.36. The normalized spacial score (nSPS) is 16.2. The lowest BCUT2D eigenvalue weighted by Gasteiger charge is -2.22. The fourth-order valence-corrected chi connectivity index (χ4v) is 4.27. The molecule has 0 spiro atoms. The van der Waals surface area contributed by atoms with Crippen LogP contribution in [0.1, 0.15) is 11.0 Å². The first-order valence-electron chi connectivity index (χ1n) is 8.12. The number of benzene rings is 2. The van der Waals surface area contributed by atoms with Crippen LogP contribution in [0.3, 0.4) is 0 Å². The van der Waals surface area contributed by atoms with Gasteiger partial charge in [0.2, 0.25) is 5.95 Å². The van der Waals surface area contributed by atoms with Crippen LogP contribution in [0.5, 0.6) is 0 Å². The van der Waals surface area contributed by atoms with Crippen molar-refractivity contribution in [2.45, 2.75) is 6.17 Å². The second-order valence-corrected chi connectivity index (χ2v) is 7.10. The molecule has 0 aliphatic carbocycles. The molecule has 2 aromatic heterocycles. The van der Waals surface area contributed by atoms with Gasteiger partial charge in [-0.2, -0.15) is 0 Å². The standard InChI is InChI=1S/C19H14FN5S/c20-12-6-2-1-5-11(12)15-9-10-16(26-15)17-23-18(21)24-19-22-13-7-3-4-8-14(13)25(17)19/h1-10,17H,(H3,21,22,23,24). The summed E-state index contributed by atoms with van der Waals surface area (Å²) in [7, 11) is 0. The van der Waals surface area contributed by atoms with E-state index in [1.807, 2.05) is 47.0 Å². The molecule has 0 radical (unpaired) electrons. The van der Waals surface area contributed by atoms with Crippen molar-refractivity contribution in [3.63, 3.8) is 0 Å². The number of rotatable bonds is 2. The lowest BCUT2D eigenvalue weighted by atomic mass is 10.2. The van der Waals surface area contributed by atoms with Gasteiger partial charge in [-0.15, -0.1) is 11.3 Å². The molecule has 0 bridgehead atoms. The lowest BCUT2D eigenvalue weighted by molar-refractivity contribution is 0.631. The summed E-state index contributed by atoms with van der Waals surface area (Å²) in [5.41, 5.74) is 8.40. The number of anilines is 1. The highest BCUT2D eigenvalue weighted by Gasteiger charge is 2.26. The molecule has 0 amide bonds. The van der Waals surface area contributed by atoms with E-state index in [2.05, 4.69) is 15.3 Å². The largest absolute Gasteiger partial charge is 0.370 e. The number of hydrogen-bond donors (Lipinski definition) is 2. The molecule has 26 heavy (non-hydrogen) atoms. The summed E-state index contributed by atoms with van der Waals surface area (Å²) in [5, 5.41) is 3.02. The van der Waals surface area contributed by atoms with E-state index < -0.39 is 0 Å². The summed E-state index contributed by atoms with van der Waals surface area (Å²) < 4.78 is 16.1. The van der Waals surface area contributed by atoms with Crippen molar-refractivity contribution in [3.05, 3.63) is 71.4 Å². The molecule has 2 aromatic carbocycles. The SMILES string of the molecule is NC1=NC(c2ccc(-c3ccccc3F)s2)n2c(nc3ccccc32)N1. The van der Waals surface area contributed by atoms with Crippen molar-refractivity contribution in [1.82, 2.24) is 9.55 Å². The molecule has 1 unspecified atom stereocenters. The van der Waals surface area contributed by atoms with E-state index in [9.17, 15) is 4.39 Å². The van der Waals surface area contributed by atoms with Crippen LogP contribution in [-0.4, -0.2) is 15.5 Å². The second kappa shape index (κ2) is 5.67. The van der Waals surface area contributed by atoms with Crippen molar-refractivity contribution < 1.29 is 4.39 Å². The molecule has 1 atom stereocenters. The van der Waals surface area contributed by atoms with Crippen LogP contribution in [0.4, 0.5) is 10.3 Å². The van der Waals surface area contributed by atoms with Crippen LogP contribution in [-0.2, 0) is 0 Å². The number of aromatic nitrogens is 2. The molecular weight excluding hydrogens is 349 g/mol. The van der Waals surface area contributed by atoms with Crippen LogP contribution in [0.2, 0.25) is 0 Å². The minimum absolute atomic E-state index is 0.233. The van der Waals surface area contributed by atoms with Gasteiger partial charge in [0.05, 0.1) is 15.9 Å². The van der Waals surface area contributed by atoms with Crippen molar-refractivity contribution in [1.29, 1.82) is 0 Å². The Morgan fingerprint density at radius 2 is 1.85 bits per heavy atom. The monoisotopic (exact) mass is 363 g/mol. The van der Waals surface area contributed by atoms with E-state index in [4.69, 9.17) is 5.73 Å². The highest BCUT2D eigenvalue weighted by Crippen LogP contribution is 2.38. The molecule has 3 heterocycles. The van der Waals surface area contributed by atoms with Gasteiger partial charge in [0.25, 0.3) is 0 Å². The van der Waals surface area contributed by atoms with Crippen LogP contribution >= 0.6 is 11.3 Å². The molecule has 0 saturated carbocycles. The van der Waals surface area contributed by atoms with Gasteiger partial charge in [-0.3, -0.25) is 9.88 Å².